The van der Waals surface area contributed by atoms with Gasteiger partial charge in [-0.1, -0.05) is 6.07 Å². The summed E-state index contributed by atoms with van der Waals surface area (Å²) in [6.45, 7) is 3.69. The Kier molecular flexibility index (Phi) is 4.38. The maximum atomic E-state index is 12.0. The van der Waals surface area contributed by atoms with E-state index < -0.39 is 0 Å². The molecule has 0 unspecified atom stereocenters. The summed E-state index contributed by atoms with van der Waals surface area (Å²) in [7, 11) is 2.16. The third kappa shape index (κ3) is 3.22. The van der Waals surface area contributed by atoms with Crippen molar-refractivity contribution in [3.05, 3.63) is 22.4 Å². The molecule has 0 aliphatic carbocycles. The minimum atomic E-state index is 0.114. The number of thiophene rings is 1. The number of nitrogens with zero attached hydrogens (tertiary/aromatic N) is 1. The number of hydrogen-bond acceptors (Lipinski definition) is 4. The van der Waals surface area contributed by atoms with Crippen molar-refractivity contribution in [3.63, 3.8) is 0 Å². The second kappa shape index (κ2) is 6.24. The molecule has 1 aromatic rings. The number of carbonyl (C=O) groups is 1. The van der Waals surface area contributed by atoms with E-state index in [1.165, 1.54) is 4.88 Å². The molecule has 0 spiro atoms. The van der Waals surface area contributed by atoms with Crippen LogP contribution in [0.15, 0.2) is 17.5 Å². The van der Waals surface area contributed by atoms with Crippen LogP contribution in [0.25, 0.3) is 0 Å². The number of hydrogen-bond donors (Lipinski definition) is 1. The average Bonchev–Trinajstić information content (AvgIpc) is 3.06. The molecular weight excluding hydrogens is 272 g/mol. The molecule has 3 atom stereocenters. The fourth-order valence-electron chi connectivity index (χ4n) is 3.33. The first-order chi connectivity index (χ1) is 9.72. The van der Waals surface area contributed by atoms with Crippen LogP contribution in [0.2, 0.25) is 0 Å². The second-order valence-corrected chi connectivity index (χ2v) is 6.94. The molecule has 1 N–H and O–H groups in total. The smallest absolute Gasteiger partial charge is 0.222 e. The van der Waals surface area contributed by atoms with Crippen LogP contribution in [0.1, 0.15) is 17.7 Å². The minimum absolute atomic E-state index is 0.114. The molecule has 0 aromatic carbocycles. The van der Waals surface area contributed by atoms with E-state index in [1.54, 1.807) is 11.3 Å². The molecule has 3 rings (SSSR count). The standard InChI is InChI=1S/C15H22N2O2S/c1-17-5-4-13-11(9-17)10-19-14(13)7-15(18)16-8-12-3-2-6-20-12/h2-3,6,11,13-14H,4-5,7-10H2,1H3,(H,16,18)/t11-,13-,14-/m1/s1. The summed E-state index contributed by atoms with van der Waals surface area (Å²) in [5.41, 5.74) is 0. The van der Waals surface area contributed by atoms with Gasteiger partial charge in [0.1, 0.15) is 0 Å². The Morgan fingerprint density at radius 1 is 1.60 bits per heavy atom. The lowest BCUT2D eigenvalue weighted by Gasteiger charge is -2.33. The predicted octanol–water partition coefficient (Wildman–Crippen LogP) is 1.72. The van der Waals surface area contributed by atoms with E-state index >= 15 is 0 Å². The summed E-state index contributed by atoms with van der Waals surface area (Å²) in [5.74, 6) is 1.30. The number of ether oxygens (including phenoxy) is 1. The first-order valence-electron chi connectivity index (χ1n) is 7.31. The minimum Gasteiger partial charge on any atom is -0.377 e. The van der Waals surface area contributed by atoms with Crippen molar-refractivity contribution in [2.75, 3.05) is 26.7 Å². The highest BCUT2D eigenvalue weighted by molar-refractivity contribution is 7.09. The molecule has 1 amide bonds. The summed E-state index contributed by atoms with van der Waals surface area (Å²) in [6, 6.07) is 4.05. The van der Waals surface area contributed by atoms with E-state index in [1.807, 2.05) is 17.5 Å². The third-order valence-electron chi connectivity index (χ3n) is 4.42. The molecule has 0 radical (unpaired) electrons. The van der Waals surface area contributed by atoms with Crippen molar-refractivity contribution < 1.29 is 9.53 Å². The van der Waals surface area contributed by atoms with Gasteiger partial charge in [-0.05, 0) is 37.4 Å². The number of carbonyl (C=O) groups excluding carboxylic acids is 1. The molecule has 2 aliphatic heterocycles. The zero-order valence-electron chi connectivity index (χ0n) is 11.9. The van der Waals surface area contributed by atoms with E-state index in [9.17, 15) is 4.79 Å². The van der Waals surface area contributed by atoms with Crippen LogP contribution in [0.5, 0.6) is 0 Å². The van der Waals surface area contributed by atoms with Gasteiger partial charge in [0.25, 0.3) is 0 Å². The monoisotopic (exact) mass is 294 g/mol. The van der Waals surface area contributed by atoms with Gasteiger partial charge in [0.05, 0.1) is 25.7 Å². The van der Waals surface area contributed by atoms with Gasteiger partial charge in [-0.2, -0.15) is 0 Å². The number of nitrogens with one attached hydrogen (secondary N) is 1. The summed E-state index contributed by atoms with van der Waals surface area (Å²) in [4.78, 5) is 15.6. The largest absolute Gasteiger partial charge is 0.377 e. The van der Waals surface area contributed by atoms with Crippen LogP contribution in [-0.2, 0) is 16.1 Å². The molecule has 20 heavy (non-hydrogen) atoms. The maximum absolute atomic E-state index is 12.0. The summed E-state index contributed by atoms with van der Waals surface area (Å²) in [6.07, 6.45) is 1.79. The molecule has 3 heterocycles. The van der Waals surface area contributed by atoms with E-state index in [4.69, 9.17) is 4.74 Å². The Labute approximate surface area is 124 Å². The van der Waals surface area contributed by atoms with Gasteiger partial charge in [-0.25, -0.2) is 0 Å². The Hall–Kier alpha value is -0.910. The Bertz CT molecular complexity index is 449. The van der Waals surface area contributed by atoms with Crippen molar-refractivity contribution >= 4 is 17.2 Å². The van der Waals surface area contributed by atoms with Crippen molar-refractivity contribution in [2.24, 2.45) is 11.8 Å². The van der Waals surface area contributed by atoms with Gasteiger partial charge in [-0.3, -0.25) is 4.79 Å². The molecule has 5 heteroatoms. The second-order valence-electron chi connectivity index (χ2n) is 5.91. The van der Waals surface area contributed by atoms with Crippen molar-refractivity contribution in [3.8, 4) is 0 Å². The highest BCUT2D eigenvalue weighted by atomic mass is 32.1. The highest BCUT2D eigenvalue weighted by Crippen LogP contribution is 2.35. The van der Waals surface area contributed by atoms with Gasteiger partial charge in [0, 0.05) is 17.3 Å². The number of rotatable bonds is 4. The zero-order chi connectivity index (χ0) is 13.9. The van der Waals surface area contributed by atoms with Gasteiger partial charge in [0.15, 0.2) is 0 Å². The number of amides is 1. The Balaban J connectivity index is 1.47. The predicted molar refractivity (Wildman–Crippen MR) is 79.6 cm³/mol. The summed E-state index contributed by atoms with van der Waals surface area (Å²) < 4.78 is 5.87. The highest BCUT2D eigenvalue weighted by Gasteiger charge is 2.40. The third-order valence-corrected chi connectivity index (χ3v) is 5.30. The SMILES string of the molecule is CN1CC[C@@H]2[C@@H](CO[C@@H]2CC(=O)NCc2cccs2)C1. The van der Waals surface area contributed by atoms with Crippen LogP contribution < -0.4 is 5.32 Å². The van der Waals surface area contributed by atoms with Gasteiger partial charge >= 0.3 is 0 Å². The first-order valence-corrected chi connectivity index (χ1v) is 8.19. The lowest BCUT2D eigenvalue weighted by atomic mass is 9.83. The maximum Gasteiger partial charge on any atom is 0.222 e. The van der Waals surface area contributed by atoms with Gasteiger partial charge in [0.2, 0.25) is 5.91 Å². The molecule has 0 saturated carbocycles. The molecule has 1 aromatic heterocycles. The van der Waals surface area contributed by atoms with Crippen LogP contribution in [0, 0.1) is 11.8 Å². The first kappa shape index (κ1) is 14.0. The Morgan fingerprint density at radius 2 is 2.50 bits per heavy atom. The van der Waals surface area contributed by atoms with Crippen LogP contribution in [0.4, 0.5) is 0 Å². The fraction of sp³-hybridized carbons (Fsp3) is 0.667. The van der Waals surface area contributed by atoms with E-state index in [2.05, 4.69) is 17.3 Å². The quantitative estimate of drug-likeness (QED) is 0.919. The number of piperidine rings is 1. The molecule has 2 saturated heterocycles. The van der Waals surface area contributed by atoms with E-state index in [-0.39, 0.29) is 12.0 Å². The molecular formula is C15H22N2O2S. The number of fused-ring (bicyclic) bond motifs is 1. The fourth-order valence-corrected chi connectivity index (χ4v) is 3.98. The summed E-state index contributed by atoms with van der Waals surface area (Å²) in [5, 5.41) is 5.03. The molecule has 2 fully saturated rings. The van der Waals surface area contributed by atoms with Crippen LogP contribution in [-0.4, -0.2) is 43.7 Å². The molecule has 4 nitrogen and oxygen atoms in total. The Morgan fingerprint density at radius 3 is 3.30 bits per heavy atom. The van der Waals surface area contributed by atoms with Gasteiger partial charge < -0.3 is 15.0 Å². The van der Waals surface area contributed by atoms with E-state index in [0.29, 0.717) is 24.8 Å². The lowest BCUT2D eigenvalue weighted by Crippen LogP contribution is -2.40. The zero-order valence-corrected chi connectivity index (χ0v) is 12.7. The topological polar surface area (TPSA) is 41.6 Å². The van der Waals surface area contributed by atoms with E-state index in [0.717, 1.165) is 26.1 Å². The van der Waals surface area contributed by atoms with Gasteiger partial charge in [-0.15, -0.1) is 11.3 Å². The van der Waals surface area contributed by atoms with Crippen molar-refractivity contribution in [1.29, 1.82) is 0 Å². The molecule has 2 aliphatic rings. The lowest BCUT2D eigenvalue weighted by molar-refractivity contribution is -0.123. The van der Waals surface area contributed by atoms with Crippen LogP contribution in [0.3, 0.4) is 0 Å². The summed E-state index contributed by atoms with van der Waals surface area (Å²) >= 11 is 1.67. The average molecular weight is 294 g/mol. The van der Waals surface area contributed by atoms with Crippen molar-refractivity contribution in [1.82, 2.24) is 10.2 Å². The molecule has 110 valence electrons. The number of likely N-dealkylation sites (tertiary alicyclic amines) is 1. The molecule has 0 bridgehead atoms. The van der Waals surface area contributed by atoms with Crippen LogP contribution >= 0.6 is 11.3 Å². The van der Waals surface area contributed by atoms with Crippen molar-refractivity contribution in [2.45, 2.75) is 25.5 Å². The normalized spacial score (nSPS) is 30.1.